The second kappa shape index (κ2) is 8.08. The van der Waals surface area contributed by atoms with Gasteiger partial charge in [0.05, 0.1) is 16.9 Å². The van der Waals surface area contributed by atoms with E-state index in [1.54, 1.807) is 24.0 Å². The van der Waals surface area contributed by atoms with Crippen molar-refractivity contribution in [3.05, 3.63) is 46.5 Å². The van der Waals surface area contributed by atoms with Crippen LogP contribution in [-0.2, 0) is 4.79 Å². The molecule has 144 valence electrons. The third-order valence-corrected chi connectivity index (χ3v) is 5.08. The monoisotopic (exact) mass is 392 g/mol. The minimum Gasteiger partial charge on any atom is -0.356 e. The molecule has 1 aromatic heterocycles. The zero-order chi connectivity index (χ0) is 19.6. The number of nitrogens with one attached hydrogen (secondary N) is 1. The van der Waals surface area contributed by atoms with Crippen molar-refractivity contribution < 1.29 is 14.0 Å². The zero-order valence-electron chi connectivity index (χ0n) is 15.3. The van der Waals surface area contributed by atoms with Gasteiger partial charge in [-0.3, -0.25) is 9.59 Å². The highest BCUT2D eigenvalue weighted by atomic mass is 35.5. The lowest BCUT2D eigenvalue weighted by atomic mass is 9.95. The smallest absolute Gasteiger partial charge is 0.258 e. The van der Waals surface area contributed by atoms with Crippen molar-refractivity contribution in [3.63, 3.8) is 0 Å². The first kappa shape index (κ1) is 19.4. The Morgan fingerprint density at radius 1 is 1.30 bits per heavy atom. The number of nitrogens with zero attached hydrogens (tertiary/aromatic N) is 3. The summed E-state index contributed by atoms with van der Waals surface area (Å²) in [5.41, 5.74) is 1.50. The normalized spacial score (nSPS) is 14.1. The maximum atomic E-state index is 13.1. The van der Waals surface area contributed by atoms with Crippen LogP contribution in [0.2, 0.25) is 5.15 Å². The molecule has 0 unspecified atom stereocenters. The average molecular weight is 393 g/mol. The third-order valence-electron chi connectivity index (χ3n) is 4.73. The lowest BCUT2D eigenvalue weighted by molar-refractivity contribution is -0.120. The van der Waals surface area contributed by atoms with Crippen LogP contribution in [-0.4, -0.2) is 46.1 Å². The number of aryl methyl sites for hydroxylation is 1. The lowest BCUT2D eigenvalue weighted by Gasteiger charge is -2.39. The number of benzene rings is 1. The summed E-state index contributed by atoms with van der Waals surface area (Å²) < 4.78 is 14.6. The molecule has 2 heterocycles. The van der Waals surface area contributed by atoms with Crippen LogP contribution in [0.5, 0.6) is 0 Å². The molecule has 27 heavy (non-hydrogen) atoms. The molecule has 1 aliphatic heterocycles. The van der Waals surface area contributed by atoms with E-state index < -0.39 is 0 Å². The number of rotatable bonds is 6. The van der Waals surface area contributed by atoms with Gasteiger partial charge in [0.25, 0.3) is 5.91 Å². The molecule has 0 atom stereocenters. The zero-order valence-corrected chi connectivity index (χ0v) is 16.1. The number of hydrogen-bond acceptors (Lipinski definition) is 3. The topological polar surface area (TPSA) is 67.2 Å². The Labute approximate surface area is 162 Å². The number of amides is 2. The summed E-state index contributed by atoms with van der Waals surface area (Å²) in [7, 11) is 0. The number of likely N-dealkylation sites (tertiary alicyclic amines) is 1. The fourth-order valence-electron chi connectivity index (χ4n) is 3.11. The van der Waals surface area contributed by atoms with Crippen molar-refractivity contribution >= 4 is 23.4 Å². The van der Waals surface area contributed by atoms with E-state index in [-0.39, 0.29) is 22.8 Å². The van der Waals surface area contributed by atoms with E-state index in [9.17, 15) is 14.0 Å². The van der Waals surface area contributed by atoms with Gasteiger partial charge in [0, 0.05) is 26.1 Å². The summed E-state index contributed by atoms with van der Waals surface area (Å²) in [6.45, 7) is 5.45. The standard InChI is InChI=1S/C19H22ClFN4O2/c1-3-16(26)22-9-8-13-10-24(11-13)19(27)17-12(2)23-25(18(17)20)15-6-4-14(21)5-7-15/h4-7,13H,3,8-11H2,1-2H3,(H,22,26). The van der Waals surface area contributed by atoms with E-state index in [1.807, 2.05) is 6.92 Å². The minimum absolute atomic E-state index is 0.0397. The Hall–Kier alpha value is -2.41. The lowest BCUT2D eigenvalue weighted by Crippen LogP contribution is -2.50. The van der Waals surface area contributed by atoms with Gasteiger partial charge in [0.2, 0.25) is 5.91 Å². The summed E-state index contributed by atoms with van der Waals surface area (Å²) in [5, 5.41) is 7.41. The maximum Gasteiger partial charge on any atom is 0.258 e. The largest absolute Gasteiger partial charge is 0.356 e. The van der Waals surface area contributed by atoms with Crippen LogP contribution in [0, 0.1) is 18.7 Å². The van der Waals surface area contributed by atoms with E-state index in [4.69, 9.17) is 11.6 Å². The van der Waals surface area contributed by atoms with Gasteiger partial charge >= 0.3 is 0 Å². The molecule has 1 aromatic carbocycles. The number of hydrogen-bond donors (Lipinski definition) is 1. The molecule has 0 aliphatic carbocycles. The molecule has 2 aromatic rings. The molecular weight excluding hydrogens is 371 g/mol. The molecule has 0 bridgehead atoms. The van der Waals surface area contributed by atoms with Crippen LogP contribution >= 0.6 is 11.6 Å². The average Bonchev–Trinajstić information content (AvgIpc) is 2.91. The minimum atomic E-state index is -0.350. The van der Waals surface area contributed by atoms with Gasteiger partial charge in [0.15, 0.2) is 0 Å². The molecule has 0 radical (unpaired) electrons. The second-order valence-corrected chi connectivity index (χ2v) is 7.07. The summed E-state index contributed by atoms with van der Waals surface area (Å²) in [4.78, 5) is 25.8. The van der Waals surface area contributed by atoms with Gasteiger partial charge in [-0.1, -0.05) is 18.5 Å². The van der Waals surface area contributed by atoms with Crippen molar-refractivity contribution in [2.24, 2.45) is 5.92 Å². The molecule has 6 nitrogen and oxygen atoms in total. The first-order chi connectivity index (χ1) is 12.9. The van der Waals surface area contributed by atoms with Gasteiger partial charge in [-0.25, -0.2) is 9.07 Å². The van der Waals surface area contributed by atoms with Gasteiger partial charge in [-0.15, -0.1) is 0 Å². The molecule has 0 saturated carbocycles. The number of carbonyl (C=O) groups excluding carboxylic acids is 2. The fraction of sp³-hybridized carbons (Fsp3) is 0.421. The Balaban J connectivity index is 1.63. The summed E-state index contributed by atoms with van der Waals surface area (Å²) in [5.74, 6) is -0.0910. The van der Waals surface area contributed by atoms with Gasteiger partial charge in [-0.05, 0) is 43.5 Å². The Morgan fingerprint density at radius 2 is 1.96 bits per heavy atom. The summed E-state index contributed by atoms with van der Waals surface area (Å²) >= 11 is 6.41. The summed E-state index contributed by atoms with van der Waals surface area (Å²) in [6, 6.07) is 5.77. The molecule has 1 aliphatic rings. The van der Waals surface area contributed by atoms with Gasteiger partial charge in [0.1, 0.15) is 11.0 Å². The molecule has 1 saturated heterocycles. The molecule has 1 N–H and O–H groups in total. The Bertz CT molecular complexity index is 844. The van der Waals surface area contributed by atoms with Gasteiger partial charge < -0.3 is 10.2 Å². The fourth-order valence-corrected chi connectivity index (χ4v) is 3.47. The predicted molar refractivity (Wildman–Crippen MR) is 101 cm³/mol. The van der Waals surface area contributed by atoms with Gasteiger partial charge in [-0.2, -0.15) is 5.10 Å². The number of carbonyl (C=O) groups is 2. The Morgan fingerprint density at radius 3 is 2.59 bits per heavy atom. The van der Waals surface area contributed by atoms with Crippen molar-refractivity contribution in [3.8, 4) is 5.69 Å². The highest BCUT2D eigenvalue weighted by Crippen LogP contribution is 2.28. The van der Waals surface area contributed by atoms with E-state index in [1.165, 1.54) is 16.8 Å². The second-order valence-electron chi connectivity index (χ2n) is 6.71. The summed E-state index contributed by atoms with van der Waals surface area (Å²) in [6.07, 6.45) is 1.32. The maximum absolute atomic E-state index is 13.1. The Kier molecular flexibility index (Phi) is 5.79. The van der Waals surface area contributed by atoms with Crippen LogP contribution in [0.3, 0.4) is 0 Å². The molecular formula is C19H22ClFN4O2. The van der Waals surface area contributed by atoms with Crippen molar-refractivity contribution in [2.45, 2.75) is 26.7 Å². The quantitative estimate of drug-likeness (QED) is 0.821. The van der Waals surface area contributed by atoms with Crippen molar-refractivity contribution in [1.29, 1.82) is 0 Å². The van der Waals surface area contributed by atoms with E-state index in [0.29, 0.717) is 48.9 Å². The van der Waals surface area contributed by atoms with Crippen LogP contribution in [0.1, 0.15) is 35.8 Å². The van der Waals surface area contributed by atoms with Crippen molar-refractivity contribution in [2.75, 3.05) is 19.6 Å². The molecule has 3 rings (SSSR count). The third kappa shape index (κ3) is 4.13. The predicted octanol–water partition coefficient (Wildman–Crippen LogP) is 2.96. The van der Waals surface area contributed by atoms with E-state index in [2.05, 4.69) is 10.4 Å². The van der Waals surface area contributed by atoms with E-state index in [0.717, 1.165) is 6.42 Å². The van der Waals surface area contributed by atoms with Crippen LogP contribution in [0.15, 0.2) is 24.3 Å². The molecule has 1 fully saturated rings. The highest BCUT2D eigenvalue weighted by Gasteiger charge is 2.34. The number of aromatic nitrogens is 2. The molecule has 0 spiro atoms. The van der Waals surface area contributed by atoms with Crippen molar-refractivity contribution in [1.82, 2.24) is 20.0 Å². The highest BCUT2D eigenvalue weighted by molar-refractivity contribution is 6.33. The first-order valence-electron chi connectivity index (χ1n) is 8.97. The van der Waals surface area contributed by atoms with E-state index >= 15 is 0 Å². The molecule has 8 heteroatoms. The SMILES string of the molecule is CCC(=O)NCCC1CN(C(=O)c2c(C)nn(-c3ccc(F)cc3)c2Cl)C1. The van der Waals surface area contributed by atoms with Crippen LogP contribution in [0.25, 0.3) is 5.69 Å². The van der Waals surface area contributed by atoms with Crippen LogP contribution < -0.4 is 5.32 Å². The molecule has 2 amide bonds. The van der Waals surface area contributed by atoms with Crippen LogP contribution in [0.4, 0.5) is 4.39 Å². The first-order valence-corrected chi connectivity index (χ1v) is 9.35. The number of halogens is 2.